The fourth-order valence-electron chi connectivity index (χ4n) is 2.94. The van der Waals surface area contributed by atoms with Gasteiger partial charge in [0.05, 0.1) is 10.7 Å². The standard InChI is InChI=1S/C16H24BrN3O/c1-2-13(8-11-6-7-11)19-15-14(17)9-18-20(16(15)21)10-12-4-3-5-12/h9,11-13,19H,2-8,10H2,1H3. The molecule has 1 atom stereocenters. The van der Waals surface area contributed by atoms with Gasteiger partial charge in [0.15, 0.2) is 0 Å². The van der Waals surface area contributed by atoms with Crippen molar-refractivity contribution in [1.82, 2.24) is 9.78 Å². The summed E-state index contributed by atoms with van der Waals surface area (Å²) in [6, 6.07) is 0.390. The first kappa shape index (κ1) is 15.1. The van der Waals surface area contributed by atoms with Crippen LogP contribution in [0, 0.1) is 11.8 Å². The summed E-state index contributed by atoms with van der Waals surface area (Å²) in [6.45, 7) is 2.95. The maximum Gasteiger partial charge on any atom is 0.291 e. The monoisotopic (exact) mass is 353 g/mol. The van der Waals surface area contributed by atoms with Gasteiger partial charge in [0, 0.05) is 12.6 Å². The van der Waals surface area contributed by atoms with E-state index in [0.717, 1.165) is 23.4 Å². The first-order valence-electron chi connectivity index (χ1n) is 8.19. The molecule has 1 unspecified atom stereocenters. The van der Waals surface area contributed by atoms with Crippen LogP contribution in [0.4, 0.5) is 5.69 Å². The van der Waals surface area contributed by atoms with Crippen LogP contribution in [0.1, 0.15) is 51.9 Å². The van der Waals surface area contributed by atoms with Gasteiger partial charge in [-0.25, -0.2) is 4.68 Å². The van der Waals surface area contributed by atoms with Crippen molar-refractivity contribution in [3.63, 3.8) is 0 Å². The van der Waals surface area contributed by atoms with Crippen molar-refractivity contribution in [1.29, 1.82) is 0 Å². The van der Waals surface area contributed by atoms with Gasteiger partial charge in [0.1, 0.15) is 5.69 Å². The second-order valence-electron chi connectivity index (χ2n) is 6.58. The molecule has 5 heteroatoms. The summed E-state index contributed by atoms with van der Waals surface area (Å²) in [5.41, 5.74) is 0.711. The third-order valence-electron chi connectivity index (χ3n) is 4.81. The number of halogens is 1. The maximum atomic E-state index is 12.6. The molecule has 0 amide bonds. The van der Waals surface area contributed by atoms with Crippen molar-refractivity contribution < 1.29 is 0 Å². The van der Waals surface area contributed by atoms with E-state index >= 15 is 0 Å². The molecule has 1 heterocycles. The topological polar surface area (TPSA) is 46.9 Å². The second kappa shape index (κ2) is 6.51. The first-order valence-corrected chi connectivity index (χ1v) is 8.98. The van der Waals surface area contributed by atoms with Gasteiger partial charge in [-0.05, 0) is 53.4 Å². The van der Waals surface area contributed by atoms with Crippen LogP contribution < -0.4 is 10.9 Å². The van der Waals surface area contributed by atoms with Crippen LogP contribution in [0.15, 0.2) is 15.5 Å². The molecule has 0 bridgehead atoms. The Balaban J connectivity index is 1.75. The molecule has 0 aliphatic heterocycles. The van der Waals surface area contributed by atoms with E-state index in [1.165, 1.54) is 38.5 Å². The molecule has 2 fully saturated rings. The SMILES string of the molecule is CCC(CC1CC1)Nc1c(Br)cnn(CC2CCC2)c1=O. The van der Waals surface area contributed by atoms with Crippen LogP contribution in [0.3, 0.4) is 0 Å². The molecule has 3 rings (SSSR count). The Morgan fingerprint density at radius 3 is 2.71 bits per heavy atom. The van der Waals surface area contributed by atoms with Gasteiger partial charge in [-0.15, -0.1) is 0 Å². The molecule has 2 aliphatic rings. The lowest BCUT2D eigenvalue weighted by molar-refractivity contribution is 0.262. The molecule has 0 spiro atoms. The Morgan fingerprint density at radius 2 is 2.14 bits per heavy atom. The zero-order valence-corrected chi connectivity index (χ0v) is 14.2. The highest BCUT2D eigenvalue weighted by molar-refractivity contribution is 9.10. The number of hydrogen-bond donors (Lipinski definition) is 1. The fourth-order valence-corrected chi connectivity index (χ4v) is 3.31. The molecule has 2 saturated carbocycles. The molecular weight excluding hydrogens is 330 g/mol. The van der Waals surface area contributed by atoms with Crippen molar-refractivity contribution in [2.45, 2.75) is 64.5 Å². The Hall–Kier alpha value is -0.840. The molecular formula is C16H24BrN3O. The van der Waals surface area contributed by atoms with Crippen LogP contribution in [0.5, 0.6) is 0 Å². The molecule has 116 valence electrons. The van der Waals surface area contributed by atoms with Gasteiger partial charge in [0.2, 0.25) is 0 Å². The number of nitrogens with zero attached hydrogens (tertiary/aromatic N) is 2. The fraction of sp³-hybridized carbons (Fsp3) is 0.750. The third kappa shape index (κ3) is 3.68. The zero-order valence-electron chi connectivity index (χ0n) is 12.6. The average molecular weight is 354 g/mol. The Kier molecular flexibility index (Phi) is 4.67. The maximum absolute atomic E-state index is 12.6. The third-order valence-corrected chi connectivity index (χ3v) is 5.41. The quantitative estimate of drug-likeness (QED) is 0.810. The summed E-state index contributed by atoms with van der Waals surface area (Å²) in [5.74, 6) is 1.50. The first-order chi connectivity index (χ1) is 10.2. The minimum Gasteiger partial charge on any atom is -0.377 e. The predicted octanol–water partition coefficient (Wildman–Crippen LogP) is 3.80. The van der Waals surface area contributed by atoms with Crippen molar-refractivity contribution >= 4 is 21.6 Å². The van der Waals surface area contributed by atoms with E-state index in [1.54, 1.807) is 10.9 Å². The predicted molar refractivity (Wildman–Crippen MR) is 88.6 cm³/mol. The lowest BCUT2D eigenvalue weighted by Crippen LogP contribution is -2.33. The van der Waals surface area contributed by atoms with E-state index in [2.05, 4.69) is 33.3 Å². The number of aromatic nitrogens is 2. The lowest BCUT2D eigenvalue weighted by atomic mass is 9.85. The van der Waals surface area contributed by atoms with Gasteiger partial charge < -0.3 is 5.32 Å². The largest absolute Gasteiger partial charge is 0.377 e. The smallest absolute Gasteiger partial charge is 0.291 e. The number of nitrogens with one attached hydrogen (secondary N) is 1. The number of anilines is 1. The lowest BCUT2D eigenvalue weighted by Gasteiger charge is -2.26. The number of hydrogen-bond acceptors (Lipinski definition) is 3. The van der Waals surface area contributed by atoms with Crippen LogP contribution in [0.25, 0.3) is 0 Å². The molecule has 2 aliphatic carbocycles. The van der Waals surface area contributed by atoms with Crippen LogP contribution in [-0.2, 0) is 6.54 Å². The van der Waals surface area contributed by atoms with E-state index in [0.29, 0.717) is 17.6 Å². The summed E-state index contributed by atoms with van der Waals surface area (Å²) in [7, 11) is 0. The zero-order chi connectivity index (χ0) is 14.8. The highest BCUT2D eigenvalue weighted by Crippen LogP contribution is 2.35. The highest BCUT2D eigenvalue weighted by atomic mass is 79.9. The summed E-state index contributed by atoms with van der Waals surface area (Å²) in [5, 5.41) is 7.75. The molecule has 1 N–H and O–H groups in total. The molecule has 0 radical (unpaired) electrons. The Labute approximate surface area is 134 Å². The summed E-state index contributed by atoms with van der Waals surface area (Å²) >= 11 is 3.48. The van der Waals surface area contributed by atoms with Gasteiger partial charge in [-0.1, -0.05) is 26.2 Å². The molecule has 1 aromatic rings. The van der Waals surface area contributed by atoms with Crippen molar-refractivity contribution in [3.8, 4) is 0 Å². The Bertz CT molecular complexity index is 549. The summed E-state index contributed by atoms with van der Waals surface area (Å²) in [6.07, 6.45) is 10.4. The van der Waals surface area contributed by atoms with Gasteiger partial charge >= 0.3 is 0 Å². The molecule has 0 aromatic carbocycles. The van der Waals surface area contributed by atoms with E-state index in [-0.39, 0.29) is 5.56 Å². The minimum atomic E-state index is 0.0190. The van der Waals surface area contributed by atoms with Gasteiger partial charge in [-0.2, -0.15) is 5.10 Å². The summed E-state index contributed by atoms with van der Waals surface area (Å²) < 4.78 is 2.42. The van der Waals surface area contributed by atoms with E-state index < -0.39 is 0 Å². The number of rotatable bonds is 7. The highest BCUT2D eigenvalue weighted by Gasteiger charge is 2.26. The Morgan fingerprint density at radius 1 is 1.38 bits per heavy atom. The van der Waals surface area contributed by atoms with E-state index in [1.807, 2.05) is 0 Å². The average Bonchev–Trinajstić information content (AvgIpc) is 3.23. The molecule has 0 saturated heterocycles. The summed E-state index contributed by atoms with van der Waals surface area (Å²) in [4.78, 5) is 12.6. The van der Waals surface area contributed by atoms with Gasteiger partial charge in [-0.3, -0.25) is 4.79 Å². The van der Waals surface area contributed by atoms with Crippen molar-refractivity contribution in [2.75, 3.05) is 5.32 Å². The van der Waals surface area contributed by atoms with Crippen LogP contribution in [0.2, 0.25) is 0 Å². The van der Waals surface area contributed by atoms with E-state index in [4.69, 9.17) is 0 Å². The van der Waals surface area contributed by atoms with Gasteiger partial charge in [0.25, 0.3) is 5.56 Å². The minimum absolute atomic E-state index is 0.0190. The van der Waals surface area contributed by atoms with Crippen LogP contribution in [-0.4, -0.2) is 15.8 Å². The normalized spacial score (nSPS) is 20.1. The molecule has 1 aromatic heterocycles. The van der Waals surface area contributed by atoms with Crippen LogP contribution >= 0.6 is 15.9 Å². The van der Waals surface area contributed by atoms with Crippen molar-refractivity contribution in [2.24, 2.45) is 11.8 Å². The molecule has 21 heavy (non-hydrogen) atoms. The van der Waals surface area contributed by atoms with E-state index in [9.17, 15) is 4.79 Å². The molecule has 4 nitrogen and oxygen atoms in total. The second-order valence-corrected chi connectivity index (χ2v) is 7.43. The van der Waals surface area contributed by atoms with Crippen molar-refractivity contribution in [3.05, 3.63) is 21.0 Å².